The van der Waals surface area contributed by atoms with Crippen LogP contribution in [0.3, 0.4) is 0 Å². The van der Waals surface area contributed by atoms with E-state index in [1.54, 1.807) is 16.2 Å². The van der Waals surface area contributed by atoms with Crippen LogP contribution < -0.4 is 0 Å². The zero-order valence-electron chi connectivity index (χ0n) is 17.6. The summed E-state index contributed by atoms with van der Waals surface area (Å²) >= 11 is 3.08. The molecule has 0 saturated heterocycles. The van der Waals surface area contributed by atoms with E-state index in [-0.39, 0.29) is 5.91 Å². The molecule has 0 aliphatic rings. The molecule has 0 bridgehead atoms. The molecule has 7 heteroatoms. The molecule has 0 unspecified atom stereocenters. The van der Waals surface area contributed by atoms with Crippen LogP contribution in [-0.2, 0) is 17.9 Å². The summed E-state index contributed by atoms with van der Waals surface area (Å²) in [6.07, 6.45) is 0. The van der Waals surface area contributed by atoms with Gasteiger partial charge in [-0.25, -0.2) is 0 Å². The molecule has 0 radical (unpaired) electrons. The van der Waals surface area contributed by atoms with Crippen molar-refractivity contribution in [2.75, 3.05) is 12.8 Å². The van der Waals surface area contributed by atoms with E-state index in [0.29, 0.717) is 18.8 Å². The predicted molar refractivity (Wildman–Crippen MR) is 127 cm³/mol. The van der Waals surface area contributed by atoms with Crippen molar-refractivity contribution in [2.45, 2.75) is 25.2 Å². The van der Waals surface area contributed by atoms with Crippen LogP contribution in [0.4, 0.5) is 0 Å². The van der Waals surface area contributed by atoms with Crippen LogP contribution in [0.2, 0.25) is 0 Å². The summed E-state index contributed by atoms with van der Waals surface area (Å²) in [4.78, 5) is 15.6. The number of hydrogen-bond acceptors (Lipinski definition) is 5. The molecule has 0 aliphatic heterocycles. The van der Waals surface area contributed by atoms with E-state index in [9.17, 15) is 4.79 Å². The summed E-state index contributed by atoms with van der Waals surface area (Å²) in [6, 6.07) is 22.5. The van der Waals surface area contributed by atoms with Gasteiger partial charge in [-0.1, -0.05) is 72.4 Å². The number of aryl methyl sites for hydroxylation is 1. The molecule has 4 rings (SSSR count). The van der Waals surface area contributed by atoms with Crippen LogP contribution in [0.5, 0.6) is 0 Å². The SMILES string of the molecule is Cc1ccccc1CN(C)C(=O)CSc1nnc(-c2cccs2)n1Cc1ccccc1. The molecular formula is C24H24N4OS2. The minimum atomic E-state index is 0.0696. The third kappa shape index (κ3) is 5.24. The molecule has 1 amide bonds. The number of benzene rings is 2. The summed E-state index contributed by atoms with van der Waals surface area (Å²) in [6.45, 7) is 3.33. The fraction of sp³-hybridized carbons (Fsp3) is 0.208. The van der Waals surface area contributed by atoms with E-state index in [1.807, 2.05) is 54.9 Å². The first-order valence-electron chi connectivity index (χ1n) is 10.0. The lowest BCUT2D eigenvalue weighted by Gasteiger charge is -2.18. The average molecular weight is 449 g/mol. The number of nitrogens with zero attached hydrogens (tertiary/aromatic N) is 4. The van der Waals surface area contributed by atoms with E-state index >= 15 is 0 Å². The molecule has 4 aromatic rings. The first-order valence-corrected chi connectivity index (χ1v) is 11.9. The van der Waals surface area contributed by atoms with Gasteiger partial charge in [-0.05, 0) is 35.1 Å². The standard InChI is InChI=1S/C24H24N4OS2/c1-18-9-6-7-12-20(18)16-27(2)22(29)17-31-24-26-25-23(21-13-8-14-30-21)28(24)15-19-10-4-3-5-11-19/h3-14H,15-17H2,1-2H3. The molecule has 0 spiro atoms. The second kappa shape index (κ2) is 9.94. The van der Waals surface area contributed by atoms with Gasteiger partial charge in [0.25, 0.3) is 0 Å². The fourth-order valence-corrected chi connectivity index (χ4v) is 4.86. The maximum Gasteiger partial charge on any atom is 0.233 e. The Hall–Kier alpha value is -2.90. The number of thioether (sulfide) groups is 1. The molecule has 5 nitrogen and oxygen atoms in total. The summed E-state index contributed by atoms with van der Waals surface area (Å²) in [5.74, 6) is 1.22. The van der Waals surface area contributed by atoms with Crippen molar-refractivity contribution in [1.82, 2.24) is 19.7 Å². The van der Waals surface area contributed by atoms with Gasteiger partial charge in [-0.3, -0.25) is 9.36 Å². The molecule has 0 fully saturated rings. The first kappa shape index (κ1) is 21.3. The highest BCUT2D eigenvalue weighted by Crippen LogP contribution is 2.28. The van der Waals surface area contributed by atoms with E-state index in [2.05, 4.69) is 46.0 Å². The number of amides is 1. The number of rotatable bonds is 8. The van der Waals surface area contributed by atoms with Crippen LogP contribution >= 0.6 is 23.1 Å². The van der Waals surface area contributed by atoms with Crippen molar-refractivity contribution < 1.29 is 4.79 Å². The van der Waals surface area contributed by atoms with Crippen molar-refractivity contribution in [3.05, 3.63) is 88.8 Å². The molecule has 0 aliphatic carbocycles. The van der Waals surface area contributed by atoms with Gasteiger partial charge in [-0.15, -0.1) is 21.5 Å². The van der Waals surface area contributed by atoms with E-state index in [1.165, 1.54) is 22.9 Å². The zero-order chi connectivity index (χ0) is 21.6. The van der Waals surface area contributed by atoms with Gasteiger partial charge >= 0.3 is 0 Å². The number of thiophene rings is 1. The maximum atomic E-state index is 12.8. The van der Waals surface area contributed by atoms with Gasteiger partial charge in [0, 0.05) is 13.6 Å². The Labute approximate surface area is 190 Å². The number of carbonyl (C=O) groups is 1. The Kier molecular flexibility index (Phi) is 6.84. The molecule has 0 saturated carbocycles. The Morgan fingerprint density at radius 2 is 1.81 bits per heavy atom. The van der Waals surface area contributed by atoms with Crippen molar-refractivity contribution in [3.63, 3.8) is 0 Å². The maximum absolute atomic E-state index is 12.8. The number of aromatic nitrogens is 3. The lowest BCUT2D eigenvalue weighted by molar-refractivity contribution is -0.127. The Balaban J connectivity index is 1.49. The Morgan fingerprint density at radius 3 is 2.55 bits per heavy atom. The zero-order valence-corrected chi connectivity index (χ0v) is 19.2. The van der Waals surface area contributed by atoms with Gasteiger partial charge in [0.05, 0.1) is 17.2 Å². The van der Waals surface area contributed by atoms with Crippen LogP contribution in [0.25, 0.3) is 10.7 Å². The smallest absolute Gasteiger partial charge is 0.233 e. The highest BCUT2D eigenvalue weighted by molar-refractivity contribution is 7.99. The van der Waals surface area contributed by atoms with Crippen LogP contribution in [0.1, 0.15) is 16.7 Å². The summed E-state index contributed by atoms with van der Waals surface area (Å²) < 4.78 is 2.10. The molecular weight excluding hydrogens is 424 g/mol. The van der Waals surface area contributed by atoms with E-state index in [4.69, 9.17) is 0 Å². The third-order valence-electron chi connectivity index (χ3n) is 5.06. The highest BCUT2D eigenvalue weighted by Gasteiger charge is 2.18. The lowest BCUT2D eigenvalue weighted by Crippen LogP contribution is -2.28. The fourth-order valence-electron chi connectivity index (χ4n) is 3.26. The number of carbonyl (C=O) groups excluding carboxylic acids is 1. The largest absolute Gasteiger partial charge is 0.341 e. The van der Waals surface area contributed by atoms with E-state index in [0.717, 1.165) is 21.4 Å². The minimum Gasteiger partial charge on any atom is -0.341 e. The topological polar surface area (TPSA) is 51.0 Å². The molecule has 0 N–H and O–H groups in total. The predicted octanol–water partition coefficient (Wildman–Crippen LogP) is 5.11. The summed E-state index contributed by atoms with van der Waals surface area (Å²) in [5.41, 5.74) is 3.53. The van der Waals surface area contributed by atoms with Crippen molar-refractivity contribution in [1.29, 1.82) is 0 Å². The number of hydrogen-bond donors (Lipinski definition) is 0. The van der Waals surface area contributed by atoms with Crippen LogP contribution in [0.15, 0.2) is 77.3 Å². The Morgan fingerprint density at radius 1 is 1.03 bits per heavy atom. The highest BCUT2D eigenvalue weighted by atomic mass is 32.2. The normalized spacial score (nSPS) is 10.9. The van der Waals surface area contributed by atoms with Gasteiger partial charge in [0.1, 0.15) is 0 Å². The van der Waals surface area contributed by atoms with Gasteiger partial charge in [-0.2, -0.15) is 0 Å². The second-order valence-electron chi connectivity index (χ2n) is 7.32. The third-order valence-corrected chi connectivity index (χ3v) is 6.88. The first-order chi connectivity index (χ1) is 15.1. The van der Waals surface area contributed by atoms with Gasteiger partial charge in [0.15, 0.2) is 11.0 Å². The summed E-state index contributed by atoms with van der Waals surface area (Å²) in [5, 5.41) is 11.6. The molecule has 158 valence electrons. The second-order valence-corrected chi connectivity index (χ2v) is 9.21. The molecule has 2 aromatic carbocycles. The monoisotopic (exact) mass is 448 g/mol. The Bertz CT molecular complexity index is 1140. The van der Waals surface area contributed by atoms with Crippen molar-refractivity contribution in [2.24, 2.45) is 0 Å². The van der Waals surface area contributed by atoms with Gasteiger partial charge < -0.3 is 4.90 Å². The van der Waals surface area contributed by atoms with Crippen LogP contribution in [-0.4, -0.2) is 38.4 Å². The van der Waals surface area contributed by atoms with Crippen molar-refractivity contribution >= 4 is 29.0 Å². The van der Waals surface area contributed by atoms with Gasteiger partial charge in [0.2, 0.25) is 5.91 Å². The molecule has 0 atom stereocenters. The molecule has 2 aromatic heterocycles. The van der Waals surface area contributed by atoms with E-state index < -0.39 is 0 Å². The molecule has 2 heterocycles. The summed E-state index contributed by atoms with van der Waals surface area (Å²) in [7, 11) is 1.85. The van der Waals surface area contributed by atoms with Crippen molar-refractivity contribution in [3.8, 4) is 10.7 Å². The lowest BCUT2D eigenvalue weighted by atomic mass is 10.1. The minimum absolute atomic E-state index is 0.0696. The van der Waals surface area contributed by atoms with Crippen LogP contribution in [0, 0.1) is 6.92 Å². The quantitative estimate of drug-likeness (QED) is 0.351. The molecule has 31 heavy (non-hydrogen) atoms. The average Bonchev–Trinajstić information content (AvgIpc) is 3.44.